The number of halogens is 2. The second-order valence-corrected chi connectivity index (χ2v) is 6.77. The fourth-order valence-corrected chi connectivity index (χ4v) is 2.71. The molecule has 0 fully saturated rings. The summed E-state index contributed by atoms with van der Waals surface area (Å²) in [7, 11) is 0. The summed E-state index contributed by atoms with van der Waals surface area (Å²) in [6.45, 7) is 4.41. The van der Waals surface area contributed by atoms with Crippen molar-refractivity contribution in [2.24, 2.45) is 0 Å². The van der Waals surface area contributed by atoms with Gasteiger partial charge in [0.05, 0.1) is 0 Å². The van der Waals surface area contributed by atoms with Gasteiger partial charge in [0.15, 0.2) is 5.13 Å². The first kappa shape index (κ1) is 25.6. The number of hydrogen-bond acceptors (Lipinski definition) is 7. The zero-order chi connectivity index (χ0) is 20.7. The first-order chi connectivity index (χ1) is 13.2. The Morgan fingerprint density at radius 2 is 1.86 bits per heavy atom. The molecule has 0 amide bonds. The SMILES string of the molecule is C[CH-]c1cnc(Nc2ccc(C(C)(F)F)cc2)s1.Cc1ncnc([C-]=O)c1O.[K+]. The van der Waals surface area contributed by atoms with E-state index in [2.05, 4.69) is 20.3 Å². The molecular weight excluding hydrogens is 425 g/mol. The van der Waals surface area contributed by atoms with E-state index in [-0.39, 0.29) is 68.4 Å². The summed E-state index contributed by atoms with van der Waals surface area (Å²) in [5, 5.41) is 12.8. The van der Waals surface area contributed by atoms with Crippen LogP contribution >= 0.6 is 11.3 Å². The Morgan fingerprint density at radius 1 is 1.21 bits per heavy atom. The average Bonchev–Trinajstić information content (AvgIpc) is 3.12. The van der Waals surface area contributed by atoms with Gasteiger partial charge in [-0.05, 0) is 24.8 Å². The normalized spacial score (nSPS) is 10.2. The molecule has 1 aromatic carbocycles. The molecule has 0 saturated heterocycles. The molecule has 2 heterocycles. The Kier molecular flexibility index (Phi) is 10.3. The molecule has 6 nitrogen and oxygen atoms in total. The van der Waals surface area contributed by atoms with Gasteiger partial charge in [0, 0.05) is 35.9 Å². The zero-order valence-electron chi connectivity index (χ0n) is 16.4. The number of alkyl halides is 2. The number of carbonyl (C=O) groups excluding carboxylic acids is 1. The van der Waals surface area contributed by atoms with E-state index >= 15 is 0 Å². The second kappa shape index (κ2) is 11.7. The molecule has 29 heavy (non-hydrogen) atoms. The Bertz CT molecular complexity index is 931. The molecule has 3 rings (SSSR count). The maximum atomic E-state index is 13.0. The van der Waals surface area contributed by atoms with Gasteiger partial charge in [0.2, 0.25) is 0 Å². The van der Waals surface area contributed by atoms with Crippen LogP contribution in [-0.2, 0) is 10.7 Å². The van der Waals surface area contributed by atoms with E-state index in [9.17, 15) is 13.6 Å². The van der Waals surface area contributed by atoms with Crippen LogP contribution in [0.4, 0.5) is 19.6 Å². The fourth-order valence-electron chi connectivity index (χ4n) is 1.99. The molecule has 0 bridgehead atoms. The number of hydrogen-bond donors (Lipinski definition) is 2. The van der Waals surface area contributed by atoms with Crippen molar-refractivity contribution >= 4 is 28.4 Å². The van der Waals surface area contributed by atoms with Crippen LogP contribution in [0.3, 0.4) is 0 Å². The molecule has 0 aliphatic heterocycles. The van der Waals surface area contributed by atoms with Crippen molar-refractivity contribution in [3.63, 3.8) is 0 Å². The number of nitrogens with zero attached hydrogens (tertiary/aromatic N) is 3. The summed E-state index contributed by atoms with van der Waals surface area (Å²) in [6.07, 6.45) is 6.42. The van der Waals surface area contributed by atoms with Crippen LogP contribution < -0.4 is 56.7 Å². The van der Waals surface area contributed by atoms with Gasteiger partial charge in [0.1, 0.15) is 6.33 Å². The van der Waals surface area contributed by atoms with Gasteiger partial charge in [-0.3, -0.25) is 9.97 Å². The Labute approximate surface area is 214 Å². The number of rotatable bonds is 5. The zero-order valence-corrected chi connectivity index (χ0v) is 20.3. The molecule has 0 radical (unpaired) electrons. The number of nitrogens with one attached hydrogen (secondary N) is 1. The molecule has 0 aliphatic carbocycles. The van der Waals surface area contributed by atoms with E-state index in [0.717, 1.165) is 22.6 Å². The molecule has 0 aliphatic rings. The third-order valence-corrected chi connectivity index (χ3v) is 4.53. The monoisotopic (exact) mass is 443 g/mol. The first-order valence-electron chi connectivity index (χ1n) is 8.14. The van der Waals surface area contributed by atoms with Crippen molar-refractivity contribution in [2.75, 3.05) is 5.32 Å². The molecule has 0 atom stereocenters. The van der Waals surface area contributed by atoms with Gasteiger partial charge >= 0.3 is 51.4 Å². The number of aromatic nitrogens is 3. The molecule has 10 heteroatoms. The molecule has 0 saturated carbocycles. The quantitative estimate of drug-likeness (QED) is 0.459. The molecule has 0 unspecified atom stereocenters. The average molecular weight is 444 g/mol. The maximum Gasteiger partial charge on any atom is 1.00 e. The van der Waals surface area contributed by atoms with Crippen molar-refractivity contribution in [1.82, 2.24) is 15.0 Å². The largest absolute Gasteiger partial charge is 1.00 e. The number of thiazole rings is 1. The Balaban J connectivity index is 0.000000327. The van der Waals surface area contributed by atoms with Gasteiger partial charge in [-0.25, -0.2) is 15.2 Å². The van der Waals surface area contributed by atoms with Crippen LogP contribution in [0.1, 0.15) is 35.7 Å². The Hall–Kier alpha value is -1.43. The van der Waals surface area contributed by atoms with Crippen LogP contribution in [-0.4, -0.2) is 26.3 Å². The molecular formula is C19H18F2KN4O2S-. The molecule has 0 spiro atoms. The topological polar surface area (TPSA) is 88.0 Å². The van der Waals surface area contributed by atoms with Crippen LogP contribution in [0.25, 0.3) is 0 Å². The van der Waals surface area contributed by atoms with Gasteiger partial charge in [-0.15, -0.1) is 29.3 Å². The van der Waals surface area contributed by atoms with E-state index in [4.69, 9.17) is 5.11 Å². The predicted octanol–water partition coefficient (Wildman–Crippen LogP) is 1.52. The van der Waals surface area contributed by atoms with Gasteiger partial charge in [-0.2, -0.15) is 0 Å². The number of benzene rings is 1. The van der Waals surface area contributed by atoms with Crippen LogP contribution in [0.2, 0.25) is 0 Å². The first-order valence-corrected chi connectivity index (χ1v) is 8.95. The summed E-state index contributed by atoms with van der Waals surface area (Å²) < 4.78 is 26.1. The summed E-state index contributed by atoms with van der Waals surface area (Å²) in [5.74, 6) is -3.00. The van der Waals surface area contributed by atoms with E-state index in [1.807, 2.05) is 13.3 Å². The summed E-state index contributed by atoms with van der Waals surface area (Å²) >= 11 is 1.51. The van der Waals surface area contributed by atoms with Crippen LogP contribution in [0, 0.1) is 13.3 Å². The van der Waals surface area contributed by atoms with E-state index in [1.165, 1.54) is 36.1 Å². The predicted molar refractivity (Wildman–Crippen MR) is 104 cm³/mol. The molecule has 3 aromatic rings. The van der Waals surface area contributed by atoms with E-state index in [1.54, 1.807) is 25.3 Å². The third kappa shape index (κ3) is 7.72. The number of aryl methyl sites for hydroxylation is 1. The molecule has 2 N–H and O–H groups in total. The maximum absolute atomic E-state index is 13.0. The summed E-state index contributed by atoms with van der Waals surface area (Å²) in [6, 6.07) is 6.10. The minimum absolute atomic E-state index is 0. The summed E-state index contributed by atoms with van der Waals surface area (Å²) in [5.41, 5.74) is 1.05. The second-order valence-electron chi connectivity index (χ2n) is 5.71. The fraction of sp³-hybridized carbons (Fsp3) is 0.211. The Morgan fingerprint density at radius 3 is 2.34 bits per heavy atom. The van der Waals surface area contributed by atoms with Crippen molar-refractivity contribution in [1.29, 1.82) is 0 Å². The van der Waals surface area contributed by atoms with Gasteiger partial charge < -0.3 is 20.2 Å². The van der Waals surface area contributed by atoms with Gasteiger partial charge in [0.25, 0.3) is 5.92 Å². The van der Waals surface area contributed by atoms with Crippen molar-refractivity contribution in [3.05, 3.63) is 65.0 Å². The van der Waals surface area contributed by atoms with Crippen LogP contribution in [0.5, 0.6) is 5.75 Å². The molecule has 148 valence electrons. The van der Waals surface area contributed by atoms with E-state index < -0.39 is 5.92 Å². The van der Waals surface area contributed by atoms with Gasteiger partial charge in [-0.1, -0.05) is 12.1 Å². The number of aromatic hydroxyl groups is 1. The van der Waals surface area contributed by atoms with Crippen molar-refractivity contribution in [2.45, 2.75) is 26.7 Å². The molecule has 2 aromatic heterocycles. The van der Waals surface area contributed by atoms with Crippen molar-refractivity contribution in [3.8, 4) is 5.75 Å². The smallest absolute Gasteiger partial charge is 0.589 e. The number of anilines is 2. The minimum atomic E-state index is -2.80. The minimum Gasteiger partial charge on any atom is -0.589 e. The summed E-state index contributed by atoms with van der Waals surface area (Å²) in [4.78, 5) is 22.4. The third-order valence-electron chi connectivity index (χ3n) is 3.55. The van der Waals surface area contributed by atoms with E-state index in [0.29, 0.717) is 5.69 Å². The van der Waals surface area contributed by atoms with Crippen LogP contribution in [0.15, 0.2) is 36.8 Å². The van der Waals surface area contributed by atoms with Crippen molar-refractivity contribution < 1.29 is 70.1 Å². The standard InChI is InChI=1S/C13H13F2N2S.C6H5N2O2.K/c1-3-11-8-16-12(18-11)17-10-6-4-9(5-7-10)13(2,14)15;1-4-6(10)5(2-9)8-3-7-4;/h3-8H,1-2H3,(H,16,17);3,10H,1H3;/q2*-1;+1.